The molecular weight excluding hydrogens is 304 g/mol. The number of nitrogens with zero attached hydrogens (tertiary/aromatic N) is 1. The molecule has 19 heavy (non-hydrogen) atoms. The van der Waals surface area contributed by atoms with Crippen LogP contribution in [0.25, 0.3) is 0 Å². The summed E-state index contributed by atoms with van der Waals surface area (Å²) in [6, 6.07) is 8.19. The van der Waals surface area contributed by atoms with Crippen molar-refractivity contribution in [1.29, 1.82) is 0 Å². The summed E-state index contributed by atoms with van der Waals surface area (Å²) in [6.07, 6.45) is 0.894. The van der Waals surface area contributed by atoms with Gasteiger partial charge in [-0.1, -0.05) is 35.0 Å². The highest BCUT2D eigenvalue weighted by atomic mass is 79.9. The van der Waals surface area contributed by atoms with Crippen molar-refractivity contribution in [2.24, 2.45) is 5.73 Å². The van der Waals surface area contributed by atoms with E-state index in [1.165, 1.54) is 0 Å². The largest absolute Gasteiger partial charge is 0.389 e. The lowest BCUT2D eigenvalue weighted by Crippen LogP contribution is -2.39. The number of benzene rings is 1. The van der Waals surface area contributed by atoms with E-state index < -0.39 is 5.60 Å². The van der Waals surface area contributed by atoms with Crippen LogP contribution in [-0.4, -0.2) is 35.2 Å². The summed E-state index contributed by atoms with van der Waals surface area (Å²) >= 11 is 3.42. The number of hydrogen-bond donors (Lipinski definition) is 2. The molecule has 0 saturated heterocycles. The number of hydrogen-bond acceptors (Lipinski definition) is 3. The van der Waals surface area contributed by atoms with Gasteiger partial charge in [0.15, 0.2) is 0 Å². The van der Waals surface area contributed by atoms with Crippen LogP contribution in [0.15, 0.2) is 28.7 Å². The van der Waals surface area contributed by atoms with Crippen molar-refractivity contribution < 1.29 is 5.11 Å². The number of aliphatic hydroxyl groups is 1. The van der Waals surface area contributed by atoms with Gasteiger partial charge in [-0.3, -0.25) is 0 Å². The molecule has 0 aliphatic carbocycles. The molecule has 1 aromatic carbocycles. The van der Waals surface area contributed by atoms with Crippen molar-refractivity contribution in [2.75, 3.05) is 19.6 Å². The molecule has 1 unspecified atom stereocenters. The molecule has 0 spiro atoms. The number of halogens is 1. The molecule has 4 heteroatoms. The summed E-state index contributed by atoms with van der Waals surface area (Å²) in [6.45, 7) is 8.29. The van der Waals surface area contributed by atoms with Crippen LogP contribution in [-0.2, 0) is 0 Å². The van der Waals surface area contributed by atoms with Crippen LogP contribution >= 0.6 is 15.9 Å². The smallest absolute Gasteiger partial charge is 0.0718 e. The summed E-state index contributed by atoms with van der Waals surface area (Å²) < 4.78 is 1.07. The van der Waals surface area contributed by atoms with E-state index in [-0.39, 0.29) is 6.04 Å². The van der Waals surface area contributed by atoms with Crippen LogP contribution in [0, 0.1) is 0 Å². The zero-order valence-electron chi connectivity index (χ0n) is 12.1. The van der Waals surface area contributed by atoms with Crippen LogP contribution in [0.2, 0.25) is 0 Å². The molecule has 3 N–H and O–H groups in total. The van der Waals surface area contributed by atoms with Gasteiger partial charge in [0.25, 0.3) is 0 Å². The van der Waals surface area contributed by atoms with Gasteiger partial charge in [0, 0.05) is 23.6 Å². The second kappa shape index (κ2) is 7.39. The van der Waals surface area contributed by atoms with E-state index in [9.17, 15) is 5.11 Å². The molecule has 0 aliphatic rings. The first-order chi connectivity index (χ1) is 8.81. The predicted molar refractivity (Wildman–Crippen MR) is 84.1 cm³/mol. The van der Waals surface area contributed by atoms with Crippen molar-refractivity contribution in [1.82, 2.24) is 4.90 Å². The topological polar surface area (TPSA) is 49.5 Å². The summed E-state index contributed by atoms with van der Waals surface area (Å²) in [5.74, 6) is 0. The average Bonchev–Trinajstić information content (AvgIpc) is 2.33. The Hall–Kier alpha value is -0.420. The molecule has 0 radical (unpaired) electrons. The van der Waals surface area contributed by atoms with Crippen LogP contribution in [0.5, 0.6) is 0 Å². The Balaban J connectivity index is 2.48. The fraction of sp³-hybridized carbons (Fsp3) is 0.600. The van der Waals surface area contributed by atoms with Gasteiger partial charge in [-0.05, 0) is 44.5 Å². The van der Waals surface area contributed by atoms with Gasteiger partial charge in [-0.25, -0.2) is 0 Å². The van der Waals surface area contributed by atoms with Gasteiger partial charge in [0.2, 0.25) is 0 Å². The molecule has 1 atom stereocenters. The number of likely N-dealkylation sites (N-methyl/N-ethyl adjacent to an activating group) is 1. The monoisotopic (exact) mass is 328 g/mol. The lowest BCUT2D eigenvalue weighted by Gasteiger charge is -2.28. The van der Waals surface area contributed by atoms with E-state index in [4.69, 9.17) is 5.73 Å². The van der Waals surface area contributed by atoms with Gasteiger partial charge < -0.3 is 15.7 Å². The van der Waals surface area contributed by atoms with Crippen molar-refractivity contribution in [2.45, 2.75) is 38.8 Å². The Morgan fingerprint density at radius 2 is 1.89 bits per heavy atom. The average molecular weight is 329 g/mol. The molecule has 0 heterocycles. The number of rotatable bonds is 7. The first kappa shape index (κ1) is 16.6. The molecule has 1 aromatic rings. The minimum Gasteiger partial charge on any atom is -0.389 e. The maximum atomic E-state index is 9.85. The van der Waals surface area contributed by atoms with E-state index in [2.05, 4.69) is 39.9 Å². The molecule has 0 saturated carbocycles. The fourth-order valence-corrected chi connectivity index (χ4v) is 2.36. The molecule has 0 fully saturated rings. The Kier molecular flexibility index (Phi) is 6.47. The molecule has 0 aromatic heterocycles. The first-order valence-electron chi connectivity index (χ1n) is 6.77. The van der Waals surface area contributed by atoms with E-state index in [1.807, 2.05) is 26.0 Å². The minimum atomic E-state index is -0.655. The van der Waals surface area contributed by atoms with Crippen LogP contribution in [0.1, 0.15) is 38.8 Å². The third-order valence-electron chi connectivity index (χ3n) is 3.11. The predicted octanol–water partition coefficient (Wildman–Crippen LogP) is 2.93. The van der Waals surface area contributed by atoms with Crippen molar-refractivity contribution in [3.63, 3.8) is 0 Å². The Bertz CT molecular complexity index is 373. The molecule has 108 valence electrons. The van der Waals surface area contributed by atoms with Gasteiger partial charge in [0.05, 0.1) is 5.60 Å². The first-order valence-corrected chi connectivity index (χ1v) is 7.57. The normalized spacial score (nSPS) is 13.8. The molecular formula is C15H25BrN2O. The highest BCUT2D eigenvalue weighted by molar-refractivity contribution is 9.10. The standard InChI is InChI=1S/C15H25BrN2O/c1-4-18(11-15(2,3)19)10-9-14(17)12-5-7-13(16)8-6-12/h5-8,14,19H,4,9-11,17H2,1-3H3. The van der Waals surface area contributed by atoms with E-state index in [0.717, 1.165) is 29.5 Å². The highest BCUT2D eigenvalue weighted by Crippen LogP contribution is 2.18. The second-order valence-electron chi connectivity index (χ2n) is 5.63. The SMILES string of the molecule is CCN(CCC(N)c1ccc(Br)cc1)CC(C)(C)O. The summed E-state index contributed by atoms with van der Waals surface area (Å²) in [4.78, 5) is 2.23. The van der Waals surface area contributed by atoms with Crippen molar-refractivity contribution in [3.8, 4) is 0 Å². The zero-order chi connectivity index (χ0) is 14.5. The highest BCUT2D eigenvalue weighted by Gasteiger charge is 2.17. The molecule has 3 nitrogen and oxygen atoms in total. The summed E-state index contributed by atoms with van der Waals surface area (Å²) in [5.41, 5.74) is 6.71. The number of nitrogens with two attached hydrogens (primary N) is 1. The van der Waals surface area contributed by atoms with Gasteiger partial charge >= 0.3 is 0 Å². The van der Waals surface area contributed by atoms with Crippen molar-refractivity contribution in [3.05, 3.63) is 34.3 Å². The van der Waals surface area contributed by atoms with E-state index in [1.54, 1.807) is 0 Å². The van der Waals surface area contributed by atoms with E-state index in [0.29, 0.717) is 6.54 Å². The maximum absolute atomic E-state index is 9.85. The zero-order valence-corrected chi connectivity index (χ0v) is 13.7. The van der Waals surface area contributed by atoms with Crippen LogP contribution in [0.3, 0.4) is 0 Å². The lowest BCUT2D eigenvalue weighted by molar-refractivity contribution is 0.0370. The van der Waals surface area contributed by atoms with Gasteiger partial charge in [-0.2, -0.15) is 0 Å². The van der Waals surface area contributed by atoms with Crippen LogP contribution < -0.4 is 5.73 Å². The van der Waals surface area contributed by atoms with Crippen molar-refractivity contribution >= 4 is 15.9 Å². The quantitative estimate of drug-likeness (QED) is 0.809. The third-order valence-corrected chi connectivity index (χ3v) is 3.64. The molecule has 1 rings (SSSR count). The summed E-state index contributed by atoms with van der Waals surface area (Å²) in [5, 5.41) is 9.85. The van der Waals surface area contributed by atoms with Gasteiger partial charge in [0.1, 0.15) is 0 Å². The molecule has 0 aliphatic heterocycles. The minimum absolute atomic E-state index is 0.0453. The van der Waals surface area contributed by atoms with Gasteiger partial charge in [-0.15, -0.1) is 0 Å². The third kappa shape index (κ3) is 6.52. The summed E-state index contributed by atoms with van der Waals surface area (Å²) in [7, 11) is 0. The lowest BCUT2D eigenvalue weighted by atomic mass is 10.0. The maximum Gasteiger partial charge on any atom is 0.0718 e. The second-order valence-corrected chi connectivity index (χ2v) is 6.54. The Labute approximate surface area is 124 Å². The van der Waals surface area contributed by atoms with E-state index >= 15 is 0 Å². The van der Waals surface area contributed by atoms with Crippen LogP contribution in [0.4, 0.5) is 0 Å². The fourth-order valence-electron chi connectivity index (χ4n) is 2.09. The molecule has 0 bridgehead atoms. The Morgan fingerprint density at radius 1 is 1.32 bits per heavy atom. The Morgan fingerprint density at radius 3 is 2.37 bits per heavy atom. The molecule has 0 amide bonds.